The summed E-state index contributed by atoms with van der Waals surface area (Å²) < 4.78 is 4.90. The largest absolute Gasteiger partial charge is 0.383 e. The minimum Gasteiger partial charge on any atom is -0.383 e. The van der Waals surface area contributed by atoms with E-state index in [1.807, 2.05) is 0 Å². The molecule has 0 aromatic carbocycles. The highest BCUT2D eigenvalue weighted by molar-refractivity contribution is 6.29. The van der Waals surface area contributed by atoms with Crippen molar-refractivity contribution in [3.8, 4) is 0 Å². The monoisotopic (exact) mass is 287 g/mol. The van der Waals surface area contributed by atoms with E-state index in [0.29, 0.717) is 19.7 Å². The van der Waals surface area contributed by atoms with E-state index in [0.717, 1.165) is 6.20 Å². The summed E-state index contributed by atoms with van der Waals surface area (Å²) in [6.45, 7) is 2.90. The van der Waals surface area contributed by atoms with Gasteiger partial charge in [0.15, 0.2) is 0 Å². The minimum atomic E-state index is -0.652. The number of nitrogens with zero attached hydrogens (tertiary/aromatic N) is 3. The van der Waals surface area contributed by atoms with Crippen LogP contribution < -0.4 is 0 Å². The van der Waals surface area contributed by atoms with Gasteiger partial charge in [0.2, 0.25) is 0 Å². The molecule has 0 fully saturated rings. The lowest BCUT2D eigenvalue weighted by atomic mass is 10.2. The first-order chi connectivity index (χ1) is 9.01. The number of carbonyl (C=O) groups is 1. The Bertz CT molecular complexity index is 481. The smallest absolute Gasteiger partial charge is 0.300 e. The average Bonchev–Trinajstić information content (AvgIpc) is 2.38. The molecule has 0 spiro atoms. The van der Waals surface area contributed by atoms with Crippen molar-refractivity contribution in [2.24, 2.45) is 0 Å². The second-order valence-corrected chi connectivity index (χ2v) is 4.05. The number of nitro groups is 1. The molecular formula is C11H14ClN3O4. The number of aromatic nitrogens is 1. The lowest BCUT2D eigenvalue weighted by Gasteiger charge is -2.20. The molecule has 1 rings (SSSR count). The van der Waals surface area contributed by atoms with E-state index in [2.05, 4.69) is 4.98 Å². The van der Waals surface area contributed by atoms with Gasteiger partial charge >= 0.3 is 0 Å². The zero-order valence-corrected chi connectivity index (χ0v) is 11.4. The number of rotatable bonds is 6. The molecule has 1 heterocycles. The van der Waals surface area contributed by atoms with Gasteiger partial charge in [0.1, 0.15) is 16.9 Å². The topological polar surface area (TPSA) is 85.6 Å². The number of likely N-dealkylation sites (N-methyl/N-ethyl adjacent to an activating group) is 1. The molecule has 0 bridgehead atoms. The molecule has 104 valence electrons. The van der Waals surface area contributed by atoms with Crippen LogP contribution in [0.25, 0.3) is 0 Å². The number of halogens is 1. The number of hydrogen-bond donors (Lipinski definition) is 0. The molecule has 0 aliphatic carbocycles. The summed E-state index contributed by atoms with van der Waals surface area (Å²) in [5.41, 5.74) is -0.423. The molecule has 1 aromatic heterocycles. The Labute approximate surface area is 115 Å². The van der Waals surface area contributed by atoms with Crippen LogP contribution in [-0.2, 0) is 4.74 Å². The van der Waals surface area contributed by atoms with E-state index in [9.17, 15) is 14.9 Å². The fraction of sp³-hybridized carbons (Fsp3) is 0.455. The quantitative estimate of drug-likeness (QED) is 0.452. The molecule has 7 nitrogen and oxygen atoms in total. The van der Waals surface area contributed by atoms with Crippen molar-refractivity contribution < 1.29 is 14.5 Å². The standard InChI is InChI=1S/C11H14ClN3O4/c1-3-14(4-5-19-2)11(16)8-6-10(12)13-7-9(8)15(17)18/h6-7H,3-5H2,1-2H3. The predicted octanol–water partition coefficient (Wildman–Crippen LogP) is 1.75. The molecule has 8 heteroatoms. The van der Waals surface area contributed by atoms with Gasteiger partial charge in [-0.25, -0.2) is 4.98 Å². The van der Waals surface area contributed by atoms with Crippen LogP contribution in [0.4, 0.5) is 5.69 Å². The molecule has 0 atom stereocenters. The third-order valence-electron chi connectivity index (χ3n) is 2.51. The minimum absolute atomic E-state index is 0.0387. The number of hydrogen-bond acceptors (Lipinski definition) is 5. The van der Waals surface area contributed by atoms with E-state index in [-0.39, 0.29) is 16.4 Å². The zero-order chi connectivity index (χ0) is 14.4. The van der Waals surface area contributed by atoms with Gasteiger partial charge in [0.25, 0.3) is 11.6 Å². The number of carbonyl (C=O) groups excluding carboxylic acids is 1. The van der Waals surface area contributed by atoms with Crippen LogP contribution in [0.3, 0.4) is 0 Å². The number of amides is 1. The van der Waals surface area contributed by atoms with Crippen molar-refractivity contribution in [2.45, 2.75) is 6.92 Å². The molecule has 0 saturated carbocycles. The molecular weight excluding hydrogens is 274 g/mol. The van der Waals surface area contributed by atoms with Gasteiger partial charge in [-0.3, -0.25) is 14.9 Å². The fourth-order valence-corrected chi connectivity index (χ4v) is 1.67. The van der Waals surface area contributed by atoms with Gasteiger partial charge in [-0.2, -0.15) is 0 Å². The summed E-state index contributed by atoms with van der Waals surface area (Å²) in [5.74, 6) is -0.462. The highest BCUT2D eigenvalue weighted by atomic mass is 35.5. The molecule has 19 heavy (non-hydrogen) atoms. The van der Waals surface area contributed by atoms with Gasteiger partial charge in [0, 0.05) is 20.2 Å². The van der Waals surface area contributed by atoms with Gasteiger partial charge < -0.3 is 9.64 Å². The average molecular weight is 288 g/mol. The number of methoxy groups -OCH3 is 1. The van der Waals surface area contributed by atoms with Crippen molar-refractivity contribution >= 4 is 23.2 Å². The third kappa shape index (κ3) is 3.87. The highest BCUT2D eigenvalue weighted by Gasteiger charge is 2.24. The van der Waals surface area contributed by atoms with Crippen molar-refractivity contribution in [1.82, 2.24) is 9.88 Å². The van der Waals surface area contributed by atoms with Crippen LogP contribution in [0.5, 0.6) is 0 Å². The maximum absolute atomic E-state index is 12.2. The number of pyridine rings is 1. The molecule has 1 amide bonds. The van der Waals surface area contributed by atoms with Gasteiger partial charge in [0.05, 0.1) is 11.5 Å². The SMILES string of the molecule is CCN(CCOC)C(=O)c1cc(Cl)ncc1[N+](=O)[O-]. The summed E-state index contributed by atoms with van der Waals surface area (Å²) in [4.78, 5) is 27.5. The van der Waals surface area contributed by atoms with E-state index >= 15 is 0 Å². The summed E-state index contributed by atoms with van der Waals surface area (Å²) in [5, 5.41) is 10.9. The Morgan fingerprint density at radius 2 is 2.32 bits per heavy atom. The second kappa shape index (κ2) is 7.01. The molecule has 0 aliphatic rings. The predicted molar refractivity (Wildman–Crippen MR) is 69.4 cm³/mol. The van der Waals surface area contributed by atoms with Crippen molar-refractivity contribution in [3.05, 3.63) is 33.1 Å². The van der Waals surface area contributed by atoms with Crippen LogP contribution in [0.2, 0.25) is 5.15 Å². The summed E-state index contributed by atoms with van der Waals surface area (Å²) >= 11 is 5.69. The molecule has 0 unspecified atom stereocenters. The normalized spacial score (nSPS) is 10.3. The Kier molecular flexibility index (Phi) is 5.65. The van der Waals surface area contributed by atoms with E-state index in [1.54, 1.807) is 6.92 Å². The van der Waals surface area contributed by atoms with E-state index < -0.39 is 10.8 Å². The van der Waals surface area contributed by atoms with Gasteiger partial charge in [-0.1, -0.05) is 11.6 Å². The van der Waals surface area contributed by atoms with Crippen LogP contribution in [0.1, 0.15) is 17.3 Å². The summed E-state index contributed by atoms with van der Waals surface area (Å²) in [6.07, 6.45) is 0.986. The van der Waals surface area contributed by atoms with Crippen LogP contribution in [0, 0.1) is 10.1 Å². The van der Waals surface area contributed by atoms with Crippen molar-refractivity contribution in [1.29, 1.82) is 0 Å². The van der Waals surface area contributed by atoms with Crippen LogP contribution in [0.15, 0.2) is 12.3 Å². The second-order valence-electron chi connectivity index (χ2n) is 3.66. The van der Waals surface area contributed by atoms with Crippen molar-refractivity contribution in [3.63, 3.8) is 0 Å². The van der Waals surface area contributed by atoms with Crippen molar-refractivity contribution in [2.75, 3.05) is 26.8 Å². The Morgan fingerprint density at radius 1 is 1.63 bits per heavy atom. The van der Waals surface area contributed by atoms with E-state index in [4.69, 9.17) is 16.3 Å². The lowest BCUT2D eigenvalue weighted by Crippen LogP contribution is -2.34. The molecule has 0 N–H and O–H groups in total. The van der Waals surface area contributed by atoms with E-state index in [1.165, 1.54) is 18.1 Å². The van der Waals surface area contributed by atoms with Crippen LogP contribution in [-0.4, -0.2) is 47.5 Å². The van der Waals surface area contributed by atoms with Crippen LogP contribution >= 0.6 is 11.6 Å². The fourth-order valence-electron chi connectivity index (χ4n) is 1.51. The summed E-state index contributed by atoms with van der Waals surface area (Å²) in [6, 6.07) is 1.21. The van der Waals surface area contributed by atoms with Gasteiger partial charge in [-0.15, -0.1) is 0 Å². The molecule has 0 aliphatic heterocycles. The highest BCUT2D eigenvalue weighted by Crippen LogP contribution is 2.21. The number of ether oxygens (including phenoxy) is 1. The maximum atomic E-state index is 12.2. The first kappa shape index (κ1) is 15.3. The first-order valence-corrected chi connectivity index (χ1v) is 5.97. The molecule has 0 radical (unpaired) electrons. The first-order valence-electron chi connectivity index (χ1n) is 5.59. The molecule has 1 aromatic rings. The van der Waals surface area contributed by atoms with Gasteiger partial charge in [-0.05, 0) is 13.0 Å². The summed E-state index contributed by atoms with van der Waals surface area (Å²) in [7, 11) is 1.52. The lowest BCUT2D eigenvalue weighted by molar-refractivity contribution is -0.385. The Balaban J connectivity index is 3.09. The Hall–Kier alpha value is -1.73. The third-order valence-corrected chi connectivity index (χ3v) is 2.72. The molecule has 0 saturated heterocycles. The Morgan fingerprint density at radius 3 is 2.84 bits per heavy atom. The zero-order valence-electron chi connectivity index (χ0n) is 10.6. The maximum Gasteiger partial charge on any atom is 0.300 e.